The largest absolute Gasteiger partial charge is 0.456 e. The molecule has 0 spiro atoms. The van der Waals surface area contributed by atoms with E-state index < -0.39 is 21.7 Å². The molecular formula is C28H22BrCl2FN2O4S. The van der Waals surface area contributed by atoms with Crippen molar-refractivity contribution in [3.05, 3.63) is 116 Å². The molecular weight excluding hydrogens is 630 g/mol. The van der Waals surface area contributed by atoms with Crippen molar-refractivity contribution in [2.45, 2.75) is 18.4 Å². The molecule has 202 valence electrons. The summed E-state index contributed by atoms with van der Waals surface area (Å²) in [5.74, 6) is -0.151. The monoisotopic (exact) mass is 650 g/mol. The van der Waals surface area contributed by atoms with Gasteiger partial charge < -0.3 is 9.64 Å². The maximum absolute atomic E-state index is 14.4. The number of rotatable bonds is 9. The normalized spacial score (nSPS) is 11.2. The van der Waals surface area contributed by atoms with E-state index in [2.05, 4.69) is 20.7 Å². The van der Waals surface area contributed by atoms with Gasteiger partial charge in [0.15, 0.2) is 0 Å². The van der Waals surface area contributed by atoms with Crippen molar-refractivity contribution in [2.75, 3.05) is 11.3 Å². The number of hydrogen-bond donors (Lipinski definition) is 1. The predicted octanol–water partition coefficient (Wildman–Crippen LogP) is 8.15. The summed E-state index contributed by atoms with van der Waals surface area (Å²) in [7, 11) is -4.10. The lowest BCUT2D eigenvalue weighted by Gasteiger charge is -2.23. The van der Waals surface area contributed by atoms with Crippen LogP contribution in [0.5, 0.6) is 11.5 Å². The van der Waals surface area contributed by atoms with Gasteiger partial charge in [-0.15, -0.1) is 0 Å². The number of anilines is 1. The average Bonchev–Trinajstić information content (AvgIpc) is 2.91. The second-order valence-electron chi connectivity index (χ2n) is 8.35. The molecule has 0 aliphatic rings. The van der Waals surface area contributed by atoms with Crippen LogP contribution in [0.3, 0.4) is 0 Å². The molecule has 39 heavy (non-hydrogen) atoms. The average molecular weight is 652 g/mol. The molecule has 11 heteroatoms. The Morgan fingerprint density at radius 3 is 2.41 bits per heavy atom. The van der Waals surface area contributed by atoms with Crippen molar-refractivity contribution < 1.29 is 22.3 Å². The number of nitrogens with one attached hydrogen (secondary N) is 1. The molecule has 0 aromatic heterocycles. The van der Waals surface area contributed by atoms with Crippen LogP contribution in [0.25, 0.3) is 0 Å². The van der Waals surface area contributed by atoms with Crippen LogP contribution >= 0.6 is 39.1 Å². The molecule has 4 rings (SSSR count). The molecule has 0 unspecified atom stereocenters. The van der Waals surface area contributed by atoms with Crippen LogP contribution in [0.2, 0.25) is 10.0 Å². The lowest BCUT2D eigenvalue weighted by molar-refractivity contribution is 0.0752. The molecule has 0 aliphatic heterocycles. The van der Waals surface area contributed by atoms with Crippen LogP contribution in [-0.4, -0.2) is 25.8 Å². The third-order valence-corrected chi connectivity index (χ3v) is 8.11. The number of nitrogens with zero attached hydrogens (tertiary/aromatic N) is 1. The van der Waals surface area contributed by atoms with E-state index in [-0.39, 0.29) is 34.3 Å². The zero-order valence-electron chi connectivity index (χ0n) is 20.5. The van der Waals surface area contributed by atoms with Crippen molar-refractivity contribution in [1.29, 1.82) is 0 Å². The highest BCUT2D eigenvalue weighted by molar-refractivity contribution is 9.10. The topological polar surface area (TPSA) is 75.7 Å². The van der Waals surface area contributed by atoms with Gasteiger partial charge in [-0.2, -0.15) is 0 Å². The zero-order chi connectivity index (χ0) is 28.2. The number of carbonyl (C=O) groups is 1. The maximum Gasteiger partial charge on any atom is 0.261 e. The van der Waals surface area contributed by atoms with Crippen LogP contribution in [0.4, 0.5) is 10.1 Å². The highest BCUT2D eigenvalue weighted by Crippen LogP contribution is 2.30. The summed E-state index contributed by atoms with van der Waals surface area (Å²) in [5, 5.41) is 0.659. The van der Waals surface area contributed by atoms with E-state index in [1.54, 1.807) is 43.3 Å². The van der Waals surface area contributed by atoms with Crippen molar-refractivity contribution in [3.8, 4) is 11.5 Å². The number of para-hydroxylation sites is 1. The molecule has 0 saturated heterocycles. The first-order valence-corrected chi connectivity index (χ1v) is 14.7. The molecule has 0 bridgehead atoms. The van der Waals surface area contributed by atoms with Gasteiger partial charge in [-0.05, 0) is 79.7 Å². The fourth-order valence-electron chi connectivity index (χ4n) is 3.70. The summed E-state index contributed by atoms with van der Waals surface area (Å²) in [6, 6.07) is 21.4. The summed E-state index contributed by atoms with van der Waals surface area (Å²) in [6.45, 7) is 1.97. The van der Waals surface area contributed by atoms with Gasteiger partial charge in [0.2, 0.25) is 0 Å². The van der Waals surface area contributed by atoms with Gasteiger partial charge in [0.05, 0.1) is 21.2 Å². The minimum absolute atomic E-state index is 0.0216. The van der Waals surface area contributed by atoms with E-state index in [0.717, 1.165) is 0 Å². The lowest BCUT2D eigenvalue weighted by atomic mass is 10.1. The lowest BCUT2D eigenvalue weighted by Crippen LogP contribution is -2.31. The first kappa shape index (κ1) is 28.9. The molecule has 0 aliphatic carbocycles. The summed E-state index contributed by atoms with van der Waals surface area (Å²) < 4.78 is 49.7. The van der Waals surface area contributed by atoms with E-state index in [1.807, 2.05) is 0 Å². The molecule has 0 heterocycles. The number of carbonyl (C=O) groups excluding carboxylic acids is 1. The quantitative estimate of drug-likeness (QED) is 0.198. The van der Waals surface area contributed by atoms with Crippen LogP contribution in [0.15, 0.2) is 94.3 Å². The standard InChI is InChI=1S/C28H22BrCl2FN2O4S/c1-2-34(17-18-15-19(29)7-13-25(18)32)28(35)23-16-20(30)8-14-26(23)33-39(36,37)22-11-9-21(10-12-22)38-27-6-4-3-5-24(27)31/h3-16,33H,2,17H2,1H3. The second-order valence-corrected chi connectivity index (χ2v) is 11.8. The van der Waals surface area contributed by atoms with Gasteiger partial charge in [0.1, 0.15) is 17.3 Å². The summed E-state index contributed by atoms with van der Waals surface area (Å²) in [6.07, 6.45) is 0. The summed E-state index contributed by atoms with van der Waals surface area (Å²) in [5.41, 5.74) is 0.374. The number of sulfonamides is 1. The minimum atomic E-state index is -4.10. The maximum atomic E-state index is 14.4. The van der Waals surface area contributed by atoms with Crippen molar-refractivity contribution in [2.24, 2.45) is 0 Å². The van der Waals surface area contributed by atoms with Crippen LogP contribution in [-0.2, 0) is 16.6 Å². The Morgan fingerprint density at radius 1 is 1.00 bits per heavy atom. The fraction of sp³-hybridized carbons (Fsp3) is 0.107. The van der Waals surface area contributed by atoms with Crippen LogP contribution < -0.4 is 9.46 Å². The Morgan fingerprint density at radius 2 is 1.72 bits per heavy atom. The van der Waals surface area contributed by atoms with Crippen molar-refractivity contribution in [1.82, 2.24) is 4.90 Å². The summed E-state index contributed by atoms with van der Waals surface area (Å²) in [4.78, 5) is 14.8. The molecule has 0 atom stereocenters. The molecule has 1 amide bonds. The molecule has 0 fully saturated rings. The number of amides is 1. The highest BCUT2D eigenvalue weighted by Gasteiger charge is 2.23. The number of halogens is 4. The van der Waals surface area contributed by atoms with Gasteiger partial charge >= 0.3 is 0 Å². The Kier molecular flexibility index (Phi) is 9.17. The smallest absolute Gasteiger partial charge is 0.261 e. The van der Waals surface area contributed by atoms with E-state index in [4.69, 9.17) is 27.9 Å². The van der Waals surface area contributed by atoms with Gasteiger partial charge in [0.25, 0.3) is 15.9 Å². The van der Waals surface area contributed by atoms with Crippen molar-refractivity contribution >= 4 is 60.7 Å². The minimum Gasteiger partial charge on any atom is -0.456 e. The van der Waals surface area contributed by atoms with E-state index in [9.17, 15) is 17.6 Å². The molecule has 4 aromatic rings. The number of ether oxygens (including phenoxy) is 1. The molecule has 0 radical (unpaired) electrons. The fourth-order valence-corrected chi connectivity index (χ4v) is 5.53. The van der Waals surface area contributed by atoms with E-state index in [0.29, 0.717) is 26.6 Å². The first-order valence-electron chi connectivity index (χ1n) is 11.7. The summed E-state index contributed by atoms with van der Waals surface area (Å²) >= 11 is 15.6. The van der Waals surface area contributed by atoms with Crippen LogP contribution in [0.1, 0.15) is 22.8 Å². The van der Waals surface area contributed by atoms with Gasteiger partial charge in [0, 0.05) is 28.1 Å². The number of benzene rings is 4. The third kappa shape index (κ3) is 7.10. The Bertz CT molecular complexity index is 1620. The molecule has 6 nitrogen and oxygen atoms in total. The Balaban J connectivity index is 1.57. The van der Waals surface area contributed by atoms with Crippen LogP contribution in [0, 0.1) is 5.82 Å². The first-order chi connectivity index (χ1) is 18.6. The van der Waals surface area contributed by atoms with Gasteiger partial charge in [-0.1, -0.05) is 51.3 Å². The third-order valence-electron chi connectivity index (χ3n) is 5.69. The molecule has 0 saturated carbocycles. The van der Waals surface area contributed by atoms with Gasteiger partial charge in [-0.25, -0.2) is 12.8 Å². The van der Waals surface area contributed by atoms with E-state index >= 15 is 0 Å². The second kappa shape index (κ2) is 12.4. The molecule has 4 aromatic carbocycles. The number of hydrogen-bond acceptors (Lipinski definition) is 4. The highest BCUT2D eigenvalue weighted by atomic mass is 79.9. The Hall–Kier alpha value is -3.11. The SMILES string of the molecule is CCN(Cc1cc(Br)ccc1F)C(=O)c1cc(Cl)ccc1NS(=O)(=O)c1ccc(Oc2ccccc2Cl)cc1. The van der Waals surface area contributed by atoms with Crippen molar-refractivity contribution in [3.63, 3.8) is 0 Å². The van der Waals surface area contributed by atoms with E-state index in [1.165, 1.54) is 53.4 Å². The van der Waals surface area contributed by atoms with Gasteiger partial charge in [-0.3, -0.25) is 9.52 Å². The zero-order valence-corrected chi connectivity index (χ0v) is 24.4. The molecule has 1 N–H and O–H groups in total. The predicted molar refractivity (Wildman–Crippen MR) is 155 cm³/mol. The Labute approximate surface area is 244 Å².